The molecule has 1 unspecified atom stereocenters. The lowest BCUT2D eigenvalue weighted by atomic mass is 9.84. The van der Waals surface area contributed by atoms with Gasteiger partial charge in [0.2, 0.25) is 41.5 Å². The molecule has 15 rings (SSSR count). The van der Waals surface area contributed by atoms with E-state index in [9.17, 15) is 73.1 Å². The molecule has 0 aliphatic carbocycles. The lowest BCUT2D eigenvalue weighted by Gasteiger charge is -2.29. The number of aromatic nitrogens is 16. The Balaban J connectivity index is 0.000000246. The molecule has 0 spiro atoms. The van der Waals surface area contributed by atoms with Crippen LogP contribution in [0.5, 0.6) is 11.5 Å². The van der Waals surface area contributed by atoms with Gasteiger partial charge in [-0.15, -0.1) is 21.0 Å². The van der Waals surface area contributed by atoms with Gasteiger partial charge < -0.3 is 59.7 Å². The number of aliphatic hydroxyl groups excluding tert-OH is 5. The summed E-state index contributed by atoms with van der Waals surface area (Å²) in [7, 11) is -0.406. The predicted molar refractivity (Wildman–Crippen MR) is 492 cm³/mol. The van der Waals surface area contributed by atoms with Gasteiger partial charge in [-0.05, 0) is 53.8 Å². The highest BCUT2D eigenvalue weighted by molar-refractivity contribution is 7.42. The summed E-state index contributed by atoms with van der Waals surface area (Å²) >= 11 is 7.22. The smallest absolute Gasteiger partial charge is 0.497 e. The van der Waals surface area contributed by atoms with Crippen LogP contribution in [-0.4, -0.2) is 216 Å². The number of carbonyl (C=O) groups excluding carboxylic acids is 3. The third-order valence-electron chi connectivity index (χ3n) is 21.6. The average molecular weight is 1870 g/mol. The van der Waals surface area contributed by atoms with Crippen molar-refractivity contribution >= 4 is 114 Å². The van der Waals surface area contributed by atoms with E-state index < -0.39 is 105 Å². The number of halogens is 1. The number of ether oxygens (including phenoxy) is 6. The van der Waals surface area contributed by atoms with E-state index in [1.54, 1.807) is 87.5 Å². The second-order valence-electron chi connectivity index (χ2n) is 31.4. The number of nitrogens with two attached hydrogens (primary N) is 1. The van der Waals surface area contributed by atoms with E-state index in [2.05, 4.69) is 75.8 Å². The Hall–Kier alpha value is -11.1. The minimum absolute atomic E-state index is 0. The van der Waals surface area contributed by atoms with Crippen LogP contribution in [0.3, 0.4) is 0 Å². The third-order valence-corrected chi connectivity index (χ3v) is 22.6. The van der Waals surface area contributed by atoms with Crippen molar-refractivity contribution in [3.63, 3.8) is 0 Å². The SMILES string of the molecule is C.C.C.C.CC(C)C(=O)Nc1nc2c(ncn2[C@@H]2O[C@H](CO)[C@@H](C)[C@H]2O)c(=O)[nH]1.CC[C@H]1O[C@@H](n2cnc3c(=O)[nH]c(NC(=O)C(C)C)nc32)[C@H](O)[C@@H]1C.CC[C@H]1O[C@@H](n2cnc3c(=O)[nH]c(NC(=O)C(C)C)nc32)[C@H](O[P+](=O)O)[C@@H]1C.COc1ccc(C(Cl)(c2ccccc2)c2ccc(OC)cc2)cc1.C[C@H]1[C@@H](O)[C@H](n2cnc3c(=O)[nH]c(N)nc32)O[C@@H]1CO.C[P+](C)=O. The first-order valence-corrected chi connectivity index (χ1v) is 44.1. The van der Waals surface area contributed by atoms with Crippen LogP contribution in [0.1, 0.15) is 167 Å². The molecule has 0 bridgehead atoms. The number of hydrogen-bond acceptors (Lipinski definition) is 30. The van der Waals surface area contributed by atoms with Gasteiger partial charge in [-0.1, -0.05) is 172 Å². The van der Waals surface area contributed by atoms with Crippen molar-refractivity contribution in [1.29, 1.82) is 0 Å². The summed E-state index contributed by atoms with van der Waals surface area (Å²) in [5.74, 6) is -0.836. The molecule has 4 aliphatic heterocycles. The molecule has 4 aliphatic rings. The summed E-state index contributed by atoms with van der Waals surface area (Å²) in [4.78, 5) is 135. The highest BCUT2D eigenvalue weighted by Crippen LogP contribution is 2.46. The fraction of sp³-hybridized carbons (Fsp3) is 0.518. The zero-order chi connectivity index (χ0) is 92.2. The minimum atomic E-state index is -2.85. The molecule has 3 aromatic carbocycles. The number of carbonyl (C=O) groups is 3. The number of benzene rings is 3. The number of methoxy groups -OCH3 is 2. The molecule has 0 saturated carbocycles. The Morgan fingerprint density at radius 3 is 1.06 bits per heavy atom. The molecule has 4 saturated heterocycles. The van der Waals surface area contributed by atoms with Gasteiger partial charge in [0.1, 0.15) is 48.0 Å². The van der Waals surface area contributed by atoms with Crippen LogP contribution in [0, 0.1) is 41.4 Å². The van der Waals surface area contributed by atoms with Gasteiger partial charge in [0.15, 0.2) is 75.7 Å². The number of H-pyrrole nitrogens is 4. The zero-order valence-electron chi connectivity index (χ0n) is 72.0. The van der Waals surface area contributed by atoms with Gasteiger partial charge in [-0.2, -0.15) is 19.9 Å². The first kappa shape index (κ1) is 108. The Labute approximate surface area is 757 Å². The van der Waals surface area contributed by atoms with Crippen molar-refractivity contribution in [2.45, 2.75) is 204 Å². The molecule has 45 heteroatoms. The van der Waals surface area contributed by atoms with Crippen molar-refractivity contribution in [2.24, 2.45) is 41.4 Å². The van der Waals surface area contributed by atoms with Crippen molar-refractivity contribution in [1.82, 2.24) is 78.1 Å². The van der Waals surface area contributed by atoms with Crippen molar-refractivity contribution in [2.75, 3.05) is 62.4 Å². The average Bonchev–Trinajstić information content (AvgIpc) is 0.980. The van der Waals surface area contributed by atoms with E-state index in [-0.39, 0.29) is 183 Å². The number of alkyl halides is 1. The maximum Gasteiger partial charge on any atom is 0.695 e. The van der Waals surface area contributed by atoms with Crippen molar-refractivity contribution in [3.05, 3.63) is 162 Å². The highest BCUT2D eigenvalue weighted by Gasteiger charge is 2.49. The number of anilines is 4. The van der Waals surface area contributed by atoms with Gasteiger partial charge >= 0.3 is 16.1 Å². The number of nitrogen functional groups attached to an aromatic ring is 1. The second-order valence-corrected chi connectivity index (χ2v) is 34.3. The molecular weight excluding hydrogens is 1750 g/mol. The van der Waals surface area contributed by atoms with E-state index >= 15 is 0 Å². The van der Waals surface area contributed by atoms with Crippen LogP contribution in [0.2, 0.25) is 0 Å². The molecule has 710 valence electrons. The van der Waals surface area contributed by atoms with Gasteiger partial charge in [0.05, 0.1) is 77.2 Å². The summed E-state index contributed by atoms with van der Waals surface area (Å²) in [6, 6.07) is 25.8. The monoisotopic (exact) mass is 1870 g/mol. The molecule has 42 nitrogen and oxygen atoms in total. The maximum absolute atomic E-state index is 12.3. The van der Waals surface area contributed by atoms with Crippen molar-refractivity contribution < 1.29 is 86.9 Å². The van der Waals surface area contributed by atoms with Gasteiger partial charge in [-0.25, -0.2) is 19.9 Å². The molecular formula is C85H123ClN20O22P2+2. The zero-order valence-corrected chi connectivity index (χ0v) is 74.6. The quantitative estimate of drug-likeness (QED) is 0.0181. The fourth-order valence-electron chi connectivity index (χ4n) is 14.2. The molecule has 130 heavy (non-hydrogen) atoms. The summed E-state index contributed by atoms with van der Waals surface area (Å²) in [5, 5.41) is 57.3. The molecule has 15 N–H and O–H groups in total. The summed E-state index contributed by atoms with van der Waals surface area (Å²) in [6.45, 7) is 24.5. The Morgan fingerprint density at radius 2 is 0.769 bits per heavy atom. The van der Waals surface area contributed by atoms with Crippen LogP contribution in [-0.2, 0) is 51.9 Å². The van der Waals surface area contributed by atoms with Crippen LogP contribution < -0.4 is 53.4 Å². The third kappa shape index (κ3) is 24.2. The number of aliphatic hydroxyl groups is 5. The molecule has 8 aromatic heterocycles. The Morgan fingerprint density at radius 1 is 0.485 bits per heavy atom. The van der Waals surface area contributed by atoms with Gasteiger partial charge in [0.25, 0.3) is 22.2 Å². The predicted octanol–water partition coefficient (Wildman–Crippen LogP) is 9.75. The standard InChI is InChI=1S/C21H19ClO2.C16H22N5O6P.C16H23N5O4.C15H21N5O5.C11H15N5O4.C2H6OP.4CH4/c1-23-19-12-8-17(9-13-19)21(22,16-6-4-3-5-7-16)18-10-14-20(24-2)15-11-18;1-5-9-8(4)11(27-28(24)25)15(26-9)21-6-17-10-12(21)18-16(20-14(10)23)19-13(22)7(2)3;1-5-9-8(4)11(22)15(25-9)21-6-17-10-12(21)18-16(20-14(10)24)19-13(23)7(2)3;1-6(2)12(23)18-15-17-11-9(13(24)19-15)16-5-20(11)14-10(22)7(3)8(4-21)25-14;1-4-5(2-17)20-10(7(4)18)16-3-13-6-8(16)14-11(12)15-9(6)19;1-4(2)3;;;;/h3-15H,1-2H3;6-9,11,15H,5H2,1-4H3,(H2-,18,19,20,22,23,24,25);6-9,11,15,22H,5H2,1-4H3,(H2,18,19,20,23,24);5-8,10,14,21-22H,4H2,1-3H3,(H2,17,18,19,23,24);3-5,7,10,17-18H,2H2,1H3,(H3,12,14,15,19);1-2H3;4*1H4/q;;;;;+1;;;;/p+1/t;2*8-,9-,11-,15-;7-,8-,10-,14-;4-,5-,7-,10-;;;;;/m.1111...../s1. The fourth-order valence-corrected chi connectivity index (χ4v) is 15.1. The molecule has 3 amide bonds. The van der Waals surface area contributed by atoms with Crippen LogP contribution in [0.25, 0.3) is 44.7 Å². The number of fused-ring (bicyclic) bond motifs is 4. The highest BCUT2D eigenvalue weighted by atomic mass is 35.5. The van der Waals surface area contributed by atoms with Crippen molar-refractivity contribution in [3.8, 4) is 11.5 Å². The number of imidazole rings is 4. The number of aromatic amines is 4. The molecule has 4 fully saturated rings. The minimum Gasteiger partial charge on any atom is -0.497 e. The summed E-state index contributed by atoms with van der Waals surface area (Å²) in [5.41, 5.74) is 7.79. The Kier molecular flexibility index (Phi) is 39.0. The first-order chi connectivity index (χ1) is 59.8. The molecule has 12 heterocycles. The van der Waals surface area contributed by atoms with E-state index in [1.165, 1.54) is 39.0 Å². The van der Waals surface area contributed by atoms with E-state index in [1.807, 2.05) is 107 Å². The number of nitrogens with one attached hydrogen (secondary N) is 7. The first-order valence-electron chi connectivity index (χ1n) is 40.5. The largest absolute Gasteiger partial charge is 0.695 e. The van der Waals surface area contributed by atoms with E-state index in [4.69, 9.17) is 50.3 Å². The lowest BCUT2D eigenvalue weighted by Crippen LogP contribution is -2.26. The molecule has 17 atom stereocenters. The van der Waals surface area contributed by atoms with Crippen LogP contribution in [0.15, 0.2) is 123 Å². The lowest BCUT2D eigenvalue weighted by molar-refractivity contribution is -0.119. The number of hydrogen-bond donors (Lipinski definition) is 14. The summed E-state index contributed by atoms with van der Waals surface area (Å²) < 4.78 is 65.7. The molecule has 0 radical (unpaired) electrons. The van der Waals surface area contributed by atoms with E-state index in [0.29, 0.717) is 6.42 Å². The Bertz CT molecular complexity index is 5680. The van der Waals surface area contributed by atoms with Gasteiger partial charge in [0, 0.05) is 46.0 Å². The number of rotatable bonds is 21. The second kappa shape index (κ2) is 47.1. The molecule has 11 aromatic rings. The normalized spacial score (nSPS) is 22.6. The number of nitrogens with zero attached hydrogens (tertiary/aromatic N) is 12. The van der Waals surface area contributed by atoms with Crippen LogP contribution in [0.4, 0.5) is 23.8 Å². The summed E-state index contributed by atoms with van der Waals surface area (Å²) in [6.07, 6.45) is -0.603. The number of amides is 3. The maximum atomic E-state index is 12.3. The van der Waals surface area contributed by atoms with Crippen LogP contribution >= 0.6 is 27.7 Å². The topological polar surface area (TPSA) is 588 Å². The van der Waals surface area contributed by atoms with E-state index in [0.717, 1.165) is 34.6 Å². The van der Waals surface area contributed by atoms with Gasteiger partial charge in [-0.3, -0.25) is 87.7 Å².